The monoisotopic (exact) mass is 1340 g/mol. The third kappa shape index (κ3) is 66.5. The average Bonchev–Trinajstić information content (AvgIpc) is 3.00. The molecule has 19 heteroatoms. The van der Waals surface area contributed by atoms with E-state index >= 15 is 0 Å². The molecular formula is C72H140O17P2. The molecule has 0 aromatic rings. The third-order valence-electron chi connectivity index (χ3n) is 16.6. The van der Waals surface area contributed by atoms with Gasteiger partial charge in [-0.1, -0.05) is 306 Å². The van der Waals surface area contributed by atoms with Crippen molar-refractivity contribution < 1.29 is 80.2 Å². The number of esters is 4. The number of hydrogen-bond donors (Lipinski definition) is 3. The highest BCUT2D eigenvalue weighted by atomic mass is 31.2. The van der Waals surface area contributed by atoms with Gasteiger partial charge in [-0.15, -0.1) is 0 Å². The van der Waals surface area contributed by atoms with E-state index in [0.29, 0.717) is 25.7 Å². The lowest BCUT2D eigenvalue weighted by Crippen LogP contribution is -2.30. The Morgan fingerprint density at radius 3 is 0.681 bits per heavy atom. The van der Waals surface area contributed by atoms with E-state index in [1.807, 2.05) is 0 Å². The first kappa shape index (κ1) is 89.1. The standard InChI is InChI=1S/C72H140O17P2/c1-62(2)48-40-32-24-16-12-10-9-11-13-19-30-38-46-54-71(76)88-67(58-82-69(74)52-44-36-28-18-15-14-17-25-33-41-49-63(3)4)60-86-90(78,79)84-56-66(73)57-85-91(80,81)87-61-68(89-72(77)55-47-39-31-23-21-27-35-43-51-65(7)8)59-83-70(75)53-45-37-29-22-20-26-34-42-50-64(5)6/h62-68,73H,9-61H2,1-8H3,(H,78,79)(H,80,81)/t66?,67-,68-/m1/s1. The second kappa shape index (κ2) is 61.6. The number of unbranched alkanes of at least 4 members (excludes halogenated alkanes) is 35. The lowest BCUT2D eigenvalue weighted by molar-refractivity contribution is -0.161. The highest BCUT2D eigenvalue weighted by Gasteiger charge is 2.30. The number of hydrogen-bond acceptors (Lipinski definition) is 15. The lowest BCUT2D eigenvalue weighted by Gasteiger charge is -2.21. The van der Waals surface area contributed by atoms with Crippen LogP contribution in [0.2, 0.25) is 0 Å². The molecule has 17 nitrogen and oxygen atoms in total. The Kier molecular flexibility index (Phi) is 60.3. The fourth-order valence-electron chi connectivity index (χ4n) is 10.8. The highest BCUT2D eigenvalue weighted by Crippen LogP contribution is 2.45. The second-order valence-corrected chi connectivity index (χ2v) is 30.8. The van der Waals surface area contributed by atoms with E-state index in [0.717, 1.165) is 114 Å². The number of phosphoric ester groups is 2. The van der Waals surface area contributed by atoms with E-state index in [1.54, 1.807) is 0 Å². The number of carbonyl (C=O) groups is 4. The van der Waals surface area contributed by atoms with E-state index in [1.165, 1.54) is 161 Å². The zero-order valence-corrected chi connectivity index (χ0v) is 61.3. The molecule has 0 aromatic heterocycles. The summed E-state index contributed by atoms with van der Waals surface area (Å²) in [5, 5.41) is 10.6. The Hall–Kier alpha value is -1.94. The topological polar surface area (TPSA) is 237 Å². The van der Waals surface area contributed by atoms with Gasteiger partial charge in [0.15, 0.2) is 12.2 Å². The molecule has 0 aliphatic rings. The van der Waals surface area contributed by atoms with Crippen LogP contribution in [0, 0.1) is 23.7 Å². The molecule has 3 unspecified atom stereocenters. The average molecular weight is 1340 g/mol. The Bertz CT molecular complexity index is 1800. The number of phosphoric acid groups is 2. The van der Waals surface area contributed by atoms with Crippen molar-refractivity contribution in [1.82, 2.24) is 0 Å². The molecule has 0 aliphatic heterocycles. The van der Waals surface area contributed by atoms with Gasteiger partial charge in [-0.2, -0.15) is 0 Å². The van der Waals surface area contributed by atoms with Crippen LogP contribution in [0.3, 0.4) is 0 Å². The van der Waals surface area contributed by atoms with E-state index in [-0.39, 0.29) is 25.7 Å². The Morgan fingerprint density at radius 2 is 0.462 bits per heavy atom. The van der Waals surface area contributed by atoms with Gasteiger partial charge in [0.05, 0.1) is 26.4 Å². The minimum Gasteiger partial charge on any atom is -0.462 e. The van der Waals surface area contributed by atoms with Crippen LogP contribution in [0.4, 0.5) is 0 Å². The molecule has 3 N–H and O–H groups in total. The summed E-state index contributed by atoms with van der Waals surface area (Å²) in [5.74, 6) is 0.862. The summed E-state index contributed by atoms with van der Waals surface area (Å²) >= 11 is 0. The molecule has 0 saturated heterocycles. The summed E-state index contributed by atoms with van der Waals surface area (Å²) in [5.41, 5.74) is 0. The van der Waals surface area contributed by atoms with Crippen LogP contribution in [-0.2, 0) is 65.4 Å². The summed E-state index contributed by atoms with van der Waals surface area (Å²) in [4.78, 5) is 72.6. The van der Waals surface area contributed by atoms with Gasteiger partial charge in [0.1, 0.15) is 19.3 Å². The van der Waals surface area contributed by atoms with Gasteiger partial charge in [-0.25, -0.2) is 9.13 Å². The van der Waals surface area contributed by atoms with Gasteiger partial charge in [0.2, 0.25) is 0 Å². The summed E-state index contributed by atoms with van der Waals surface area (Å²) in [7, 11) is -9.91. The lowest BCUT2D eigenvalue weighted by atomic mass is 10.0. The van der Waals surface area contributed by atoms with Crippen molar-refractivity contribution in [2.75, 3.05) is 39.6 Å². The molecular weight excluding hydrogens is 1200 g/mol. The van der Waals surface area contributed by atoms with Gasteiger partial charge in [-0.3, -0.25) is 37.3 Å². The predicted octanol–water partition coefficient (Wildman–Crippen LogP) is 20.5. The maximum atomic E-state index is 13.0. The number of aliphatic hydroxyl groups is 1. The Balaban J connectivity index is 5.26. The van der Waals surface area contributed by atoms with Crippen LogP contribution in [0.25, 0.3) is 0 Å². The van der Waals surface area contributed by atoms with Crippen LogP contribution < -0.4 is 0 Å². The van der Waals surface area contributed by atoms with Gasteiger partial charge in [0, 0.05) is 25.7 Å². The van der Waals surface area contributed by atoms with Crippen LogP contribution >= 0.6 is 15.6 Å². The molecule has 0 radical (unpaired) electrons. The van der Waals surface area contributed by atoms with Gasteiger partial charge >= 0.3 is 39.5 Å². The minimum atomic E-state index is -4.95. The molecule has 0 aromatic carbocycles. The first-order valence-corrected chi connectivity index (χ1v) is 40.2. The number of aliphatic hydroxyl groups excluding tert-OH is 1. The SMILES string of the molecule is CC(C)CCCCCCCCCCCCCCCC(=O)O[C@H](COC(=O)CCCCCCCCCCCCC(C)C)COP(=O)(O)OCC(O)COP(=O)(O)OC[C@@H](COC(=O)CCCCCCCCCCC(C)C)OC(=O)CCCCCCCCCCC(C)C. The van der Waals surface area contributed by atoms with Crippen molar-refractivity contribution in [1.29, 1.82) is 0 Å². The summed E-state index contributed by atoms with van der Waals surface area (Å²) in [6.07, 6.45) is 44.5. The first-order chi connectivity index (χ1) is 43.6. The van der Waals surface area contributed by atoms with Crippen molar-refractivity contribution in [2.24, 2.45) is 23.7 Å². The molecule has 540 valence electrons. The molecule has 5 atom stereocenters. The van der Waals surface area contributed by atoms with Crippen molar-refractivity contribution in [3.8, 4) is 0 Å². The van der Waals surface area contributed by atoms with Crippen molar-refractivity contribution in [2.45, 2.75) is 375 Å². The summed E-state index contributed by atoms with van der Waals surface area (Å²) in [6.45, 7) is 14.1. The van der Waals surface area contributed by atoms with Crippen molar-refractivity contribution in [3.05, 3.63) is 0 Å². The summed E-state index contributed by atoms with van der Waals surface area (Å²) < 4.78 is 68.4. The molecule has 0 bridgehead atoms. The van der Waals surface area contributed by atoms with Crippen molar-refractivity contribution in [3.63, 3.8) is 0 Å². The van der Waals surface area contributed by atoms with Gasteiger partial charge < -0.3 is 33.8 Å². The van der Waals surface area contributed by atoms with Crippen LogP contribution in [0.5, 0.6) is 0 Å². The third-order valence-corrected chi connectivity index (χ3v) is 18.5. The molecule has 0 fully saturated rings. The molecule has 0 saturated carbocycles. The summed E-state index contributed by atoms with van der Waals surface area (Å²) in [6, 6.07) is 0. The predicted molar refractivity (Wildman–Crippen MR) is 367 cm³/mol. The smallest absolute Gasteiger partial charge is 0.462 e. The first-order valence-electron chi connectivity index (χ1n) is 37.2. The van der Waals surface area contributed by atoms with Crippen LogP contribution in [0.1, 0.15) is 357 Å². The number of carbonyl (C=O) groups excluding carboxylic acids is 4. The zero-order valence-electron chi connectivity index (χ0n) is 59.5. The molecule has 0 aliphatic carbocycles. The second-order valence-electron chi connectivity index (χ2n) is 27.9. The zero-order chi connectivity index (χ0) is 67.5. The number of ether oxygens (including phenoxy) is 4. The minimum absolute atomic E-state index is 0.103. The van der Waals surface area contributed by atoms with E-state index in [4.69, 9.17) is 37.0 Å². The van der Waals surface area contributed by atoms with E-state index in [9.17, 15) is 43.2 Å². The van der Waals surface area contributed by atoms with Gasteiger partial charge in [-0.05, 0) is 49.4 Å². The molecule has 0 spiro atoms. The van der Waals surface area contributed by atoms with E-state index < -0.39 is 97.5 Å². The largest absolute Gasteiger partial charge is 0.472 e. The molecule has 0 amide bonds. The Morgan fingerprint density at radius 1 is 0.275 bits per heavy atom. The quantitative estimate of drug-likeness (QED) is 0.0222. The molecule has 0 rings (SSSR count). The number of rotatable bonds is 69. The van der Waals surface area contributed by atoms with Crippen LogP contribution in [0.15, 0.2) is 0 Å². The van der Waals surface area contributed by atoms with E-state index in [2.05, 4.69) is 55.4 Å². The Labute approximate surface area is 556 Å². The van der Waals surface area contributed by atoms with Crippen molar-refractivity contribution >= 4 is 39.5 Å². The van der Waals surface area contributed by atoms with Gasteiger partial charge in [0.25, 0.3) is 0 Å². The maximum Gasteiger partial charge on any atom is 0.472 e. The molecule has 91 heavy (non-hydrogen) atoms. The fourth-order valence-corrected chi connectivity index (χ4v) is 12.4. The highest BCUT2D eigenvalue weighted by molar-refractivity contribution is 7.47. The maximum absolute atomic E-state index is 13.0. The normalized spacial score (nSPS) is 14.2. The van der Waals surface area contributed by atoms with Crippen LogP contribution in [-0.4, -0.2) is 96.7 Å². The fraction of sp³-hybridized carbons (Fsp3) is 0.944. The molecule has 0 heterocycles.